The molecule has 94 valence electrons. The first kappa shape index (κ1) is 12.0. The van der Waals surface area contributed by atoms with E-state index in [4.69, 9.17) is 4.74 Å². The van der Waals surface area contributed by atoms with Crippen LogP contribution in [0.5, 0.6) is 11.6 Å². The van der Waals surface area contributed by atoms with Crippen LogP contribution in [-0.2, 0) is 0 Å². The molecule has 1 aromatic carbocycles. The Hall–Kier alpha value is -2.50. The van der Waals surface area contributed by atoms with Crippen LogP contribution in [0.2, 0.25) is 0 Å². The number of para-hydroxylation sites is 1. The summed E-state index contributed by atoms with van der Waals surface area (Å²) in [4.78, 5) is 17.9. The number of H-pyrrole nitrogens is 1. The van der Waals surface area contributed by atoms with Gasteiger partial charge in [0.2, 0.25) is 11.7 Å². The number of aromatic nitrogens is 2. The molecule has 2 rings (SSSR count). The zero-order valence-corrected chi connectivity index (χ0v) is 9.80. The minimum absolute atomic E-state index is 0.159. The smallest absolute Gasteiger partial charge is 0.298 e. The lowest BCUT2D eigenvalue weighted by Gasteiger charge is -2.07. The van der Waals surface area contributed by atoms with Crippen LogP contribution in [0.15, 0.2) is 35.1 Å². The highest BCUT2D eigenvalue weighted by molar-refractivity contribution is 5.53. The van der Waals surface area contributed by atoms with Gasteiger partial charge in [-0.3, -0.25) is 9.78 Å². The number of nitrogens with zero attached hydrogens (tertiary/aromatic N) is 1. The third kappa shape index (κ3) is 2.60. The van der Waals surface area contributed by atoms with Crippen molar-refractivity contribution in [1.29, 1.82) is 0 Å². The quantitative estimate of drug-likeness (QED) is 0.764. The van der Waals surface area contributed by atoms with Gasteiger partial charge in [-0.2, -0.15) is 4.98 Å². The fourth-order valence-electron chi connectivity index (χ4n) is 1.44. The molecule has 0 amide bonds. The minimum atomic E-state index is -0.525. The van der Waals surface area contributed by atoms with E-state index < -0.39 is 11.4 Å². The molecular formula is C12H13N3O3. The Balaban J connectivity index is 2.28. The second-order valence-corrected chi connectivity index (χ2v) is 3.49. The molecule has 18 heavy (non-hydrogen) atoms. The van der Waals surface area contributed by atoms with Crippen LogP contribution in [0.4, 0.5) is 11.6 Å². The molecular weight excluding hydrogens is 234 g/mol. The predicted octanol–water partition coefficient (Wildman–Crippen LogP) is 1.62. The van der Waals surface area contributed by atoms with Gasteiger partial charge in [0, 0.05) is 5.69 Å². The third-order valence-corrected chi connectivity index (χ3v) is 2.18. The topological polar surface area (TPSA) is 87.2 Å². The van der Waals surface area contributed by atoms with Crippen molar-refractivity contribution in [2.24, 2.45) is 0 Å². The van der Waals surface area contributed by atoms with Gasteiger partial charge in [0.1, 0.15) is 0 Å². The van der Waals surface area contributed by atoms with Crippen molar-refractivity contribution >= 4 is 11.6 Å². The Morgan fingerprint density at radius 2 is 2.11 bits per heavy atom. The van der Waals surface area contributed by atoms with E-state index in [1.165, 1.54) is 0 Å². The molecule has 0 fully saturated rings. The summed E-state index contributed by atoms with van der Waals surface area (Å²) in [7, 11) is 0. The van der Waals surface area contributed by atoms with Crippen molar-refractivity contribution in [1.82, 2.24) is 9.97 Å². The first-order valence-corrected chi connectivity index (χ1v) is 5.49. The molecule has 0 aliphatic carbocycles. The summed E-state index contributed by atoms with van der Waals surface area (Å²) < 4.78 is 4.99. The lowest BCUT2D eigenvalue weighted by atomic mass is 10.3. The number of aromatic hydroxyl groups is 1. The molecule has 0 saturated heterocycles. The molecule has 6 heteroatoms. The SMILES string of the molecule is CCOc1c(O)nc(Nc2ccccc2)[nH]c1=O. The van der Waals surface area contributed by atoms with E-state index >= 15 is 0 Å². The van der Waals surface area contributed by atoms with E-state index in [-0.39, 0.29) is 18.3 Å². The summed E-state index contributed by atoms with van der Waals surface area (Å²) in [5.41, 5.74) is 0.229. The highest BCUT2D eigenvalue weighted by Crippen LogP contribution is 2.20. The van der Waals surface area contributed by atoms with Gasteiger partial charge in [-0.15, -0.1) is 0 Å². The molecule has 1 aromatic heterocycles. The van der Waals surface area contributed by atoms with Crippen LogP contribution in [0.25, 0.3) is 0 Å². The standard InChI is InChI=1S/C12H13N3O3/c1-2-18-9-10(16)14-12(15-11(9)17)13-8-6-4-3-5-7-8/h3-7H,2H2,1H3,(H3,13,14,15,16,17). The van der Waals surface area contributed by atoms with Gasteiger partial charge in [-0.1, -0.05) is 18.2 Å². The first-order valence-electron chi connectivity index (χ1n) is 5.49. The molecule has 2 aromatic rings. The molecule has 0 radical (unpaired) electrons. The van der Waals surface area contributed by atoms with Crippen LogP contribution in [0, 0.1) is 0 Å². The van der Waals surface area contributed by atoms with Gasteiger partial charge in [-0.05, 0) is 19.1 Å². The Morgan fingerprint density at radius 1 is 1.39 bits per heavy atom. The summed E-state index contributed by atoms with van der Waals surface area (Å²) in [6.45, 7) is 2.00. The Bertz CT molecular complexity index is 581. The summed E-state index contributed by atoms with van der Waals surface area (Å²) >= 11 is 0. The number of nitrogens with one attached hydrogen (secondary N) is 2. The average molecular weight is 247 g/mol. The fraction of sp³-hybridized carbons (Fsp3) is 0.167. The molecule has 1 heterocycles. The maximum Gasteiger partial charge on any atom is 0.298 e. The molecule has 0 aliphatic heterocycles. The van der Waals surface area contributed by atoms with Gasteiger partial charge in [0.05, 0.1) is 6.61 Å². The Kier molecular flexibility index (Phi) is 3.47. The zero-order valence-electron chi connectivity index (χ0n) is 9.80. The van der Waals surface area contributed by atoms with Gasteiger partial charge in [0.15, 0.2) is 0 Å². The molecule has 0 atom stereocenters. The number of rotatable bonds is 4. The number of ether oxygens (including phenoxy) is 1. The van der Waals surface area contributed by atoms with E-state index in [9.17, 15) is 9.90 Å². The summed E-state index contributed by atoms with van der Waals surface area (Å²) in [6.07, 6.45) is 0. The van der Waals surface area contributed by atoms with Crippen molar-refractivity contribution in [3.8, 4) is 11.6 Å². The number of anilines is 2. The van der Waals surface area contributed by atoms with Crippen LogP contribution < -0.4 is 15.6 Å². The van der Waals surface area contributed by atoms with Crippen LogP contribution >= 0.6 is 0 Å². The Labute approximate surface area is 103 Å². The average Bonchev–Trinajstić information content (AvgIpc) is 2.35. The van der Waals surface area contributed by atoms with E-state index in [1.54, 1.807) is 6.92 Å². The lowest BCUT2D eigenvalue weighted by Crippen LogP contribution is -2.14. The maximum atomic E-state index is 11.6. The molecule has 0 saturated carbocycles. The third-order valence-electron chi connectivity index (χ3n) is 2.18. The van der Waals surface area contributed by atoms with E-state index in [2.05, 4.69) is 15.3 Å². The van der Waals surface area contributed by atoms with Crippen molar-refractivity contribution in [2.75, 3.05) is 11.9 Å². The van der Waals surface area contributed by atoms with Crippen LogP contribution in [0.1, 0.15) is 6.92 Å². The number of aromatic amines is 1. The summed E-state index contributed by atoms with van der Waals surface area (Å²) in [5.74, 6) is -0.442. The van der Waals surface area contributed by atoms with Crippen molar-refractivity contribution in [3.05, 3.63) is 40.7 Å². The molecule has 6 nitrogen and oxygen atoms in total. The van der Waals surface area contributed by atoms with E-state index in [1.807, 2.05) is 30.3 Å². The molecule has 0 spiro atoms. The molecule has 0 bridgehead atoms. The Morgan fingerprint density at radius 3 is 2.72 bits per heavy atom. The highest BCUT2D eigenvalue weighted by Gasteiger charge is 2.11. The fourth-order valence-corrected chi connectivity index (χ4v) is 1.44. The first-order chi connectivity index (χ1) is 8.70. The van der Waals surface area contributed by atoms with Crippen LogP contribution in [0.3, 0.4) is 0 Å². The van der Waals surface area contributed by atoms with Gasteiger partial charge in [-0.25, -0.2) is 0 Å². The summed E-state index contributed by atoms with van der Waals surface area (Å²) in [5, 5.41) is 12.5. The zero-order chi connectivity index (χ0) is 13.0. The van der Waals surface area contributed by atoms with Gasteiger partial charge >= 0.3 is 0 Å². The van der Waals surface area contributed by atoms with E-state index in [0.717, 1.165) is 5.69 Å². The molecule has 3 N–H and O–H groups in total. The normalized spacial score (nSPS) is 10.1. The highest BCUT2D eigenvalue weighted by atomic mass is 16.5. The minimum Gasteiger partial charge on any atom is -0.490 e. The van der Waals surface area contributed by atoms with Gasteiger partial charge in [0.25, 0.3) is 11.4 Å². The predicted molar refractivity (Wildman–Crippen MR) is 67.4 cm³/mol. The number of hydrogen-bond donors (Lipinski definition) is 3. The van der Waals surface area contributed by atoms with Crippen LogP contribution in [-0.4, -0.2) is 21.7 Å². The molecule has 0 aliphatic rings. The largest absolute Gasteiger partial charge is 0.490 e. The van der Waals surface area contributed by atoms with Gasteiger partial charge < -0.3 is 15.2 Å². The second-order valence-electron chi connectivity index (χ2n) is 3.49. The van der Waals surface area contributed by atoms with E-state index in [0.29, 0.717) is 0 Å². The summed E-state index contributed by atoms with van der Waals surface area (Å²) in [6, 6.07) is 9.18. The lowest BCUT2D eigenvalue weighted by molar-refractivity contribution is 0.307. The number of hydrogen-bond acceptors (Lipinski definition) is 5. The van der Waals surface area contributed by atoms with Crippen molar-refractivity contribution in [3.63, 3.8) is 0 Å². The molecule has 0 unspecified atom stereocenters. The monoisotopic (exact) mass is 247 g/mol. The van der Waals surface area contributed by atoms with Crippen molar-refractivity contribution < 1.29 is 9.84 Å². The number of benzene rings is 1. The van der Waals surface area contributed by atoms with Crippen molar-refractivity contribution in [2.45, 2.75) is 6.92 Å². The second kappa shape index (κ2) is 5.22. The maximum absolute atomic E-state index is 11.6.